The molecule has 86 valence electrons. The van der Waals surface area contributed by atoms with Crippen LogP contribution in [0.2, 0.25) is 0 Å². The minimum Gasteiger partial charge on any atom is -0.385 e. The lowest BCUT2D eigenvalue weighted by atomic mass is 10.1. The number of nitrogens with two attached hydrogens (primary N) is 1. The lowest BCUT2D eigenvalue weighted by Gasteiger charge is -2.01. The normalized spacial score (nSPS) is 11.5. The van der Waals surface area contributed by atoms with E-state index >= 15 is 0 Å². The molecule has 2 N–H and O–H groups in total. The summed E-state index contributed by atoms with van der Waals surface area (Å²) in [5.41, 5.74) is 7.51. The maximum absolute atomic E-state index is 11.9. The van der Waals surface area contributed by atoms with Gasteiger partial charge in [-0.3, -0.25) is 9.36 Å². The maximum atomic E-state index is 11.9. The predicted octanol–water partition coefficient (Wildman–Crippen LogP) is 1.83. The number of rotatable bonds is 3. The summed E-state index contributed by atoms with van der Waals surface area (Å²) in [5, 5.41) is 0. The number of nitrogens with zero attached hydrogens (tertiary/aromatic N) is 2. The van der Waals surface area contributed by atoms with Gasteiger partial charge in [-0.15, -0.1) is 0 Å². The second kappa shape index (κ2) is 4.65. The van der Waals surface area contributed by atoms with E-state index in [-0.39, 0.29) is 5.78 Å². The van der Waals surface area contributed by atoms with Crippen LogP contribution < -0.4 is 5.73 Å². The Morgan fingerprint density at radius 1 is 1.35 bits per heavy atom. The van der Waals surface area contributed by atoms with Gasteiger partial charge >= 0.3 is 0 Å². The maximum Gasteiger partial charge on any atom is 0.189 e. The first-order valence-corrected chi connectivity index (χ1v) is 5.23. The Hall–Kier alpha value is -2.36. The van der Waals surface area contributed by atoms with Gasteiger partial charge in [0.05, 0.1) is 0 Å². The van der Waals surface area contributed by atoms with Gasteiger partial charge in [-0.05, 0) is 6.92 Å². The second-order valence-electron chi connectivity index (χ2n) is 3.77. The molecule has 17 heavy (non-hydrogen) atoms. The van der Waals surface area contributed by atoms with Crippen LogP contribution in [0.4, 0.5) is 0 Å². The first-order valence-electron chi connectivity index (χ1n) is 5.23. The Kier molecular flexibility index (Phi) is 3.05. The SMILES string of the molecule is Cc1ccc(C(=O)/C=C(\N)n2ccnc2)cc1. The first-order chi connectivity index (χ1) is 8.16. The van der Waals surface area contributed by atoms with E-state index in [1.165, 1.54) is 6.08 Å². The van der Waals surface area contributed by atoms with E-state index in [0.717, 1.165) is 5.56 Å². The van der Waals surface area contributed by atoms with Gasteiger partial charge < -0.3 is 5.73 Å². The van der Waals surface area contributed by atoms with Crippen LogP contribution in [0.3, 0.4) is 0 Å². The summed E-state index contributed by atoms with van der Waals surface area (Å²) >= 11 is 0. The molecule has 1 aromatic carbocycles. The molecule has 0 unspecified atom stereocenters. The number of imidazole rings is 1. The third-order valence-corrected chi connectivity index (χ3v) is 2.42. The lowest BCUT2D eigenvalue weighted by Crippen LogP contribution is -2.07. The molecule has 1 aromatic heterocycles. The number of allylic oxidation sites excluding steroid dienone is 1. The number of hydrogen-bond donors (Lipinski definition) is 1. The van der Waals surface area contributed by atoms with Crippen molar-refractivity contribution >= 4 is 11.6 Å². The summed E-state index contributed by atoms with van der Waals surface area (Å²) in [6.45, 7) is 1.98. The van der Waals surface area contributed by atoms with Crippen LogP contribution in [0.25, 0.3) is 5.82 Å². The molecule has 0 radical (unpaired) electrons. The zero-order valence-electron chi connectivity index (χ0n) is 9.50. The molecule has 4 heteroatoms. The van der Waals surface area contributed by atoms with E-state index in [0.29, 0.717) is 11.4 Å². The molecule has 0 saturated heterocycles. The molecule has 0 saturated carbocycles. The Morgan fingerprint density at radius 3 is 2.65 bits per heavy atom. The molecular weight excluding hydrogens is 214 g/mol. The molecule has 2 rings (SSSR count). The molecule has 0 spiro atoms. The molecule has 0 aliphatic carbocycles. The van der Waals surface area contributed by atoms with E-state index in [4.69, 9.17) is 5.73 Å². The minimum atomic E-state index is -0.115. The topological polar surface area (TPSA) is 60.9 Å². The molecule has 4 nitrogen and oxygen atoms in total. The summed E-state index contributed by atoms with van der Waals surface area (Å²) in [7, 11) is 0. The summed E-state index contributed by atoms with van der Waals surface area (Å²) in [5.74, 6) is 0.240. The highest BCUT2D eigenvalue weighted by Crippen LogP contribution is 2.06. The Morgan fingerprint density at radius 2 is 2.06 bits per heavy atom. The lowest BCUT2D eigenvalue weighted by molar-refractivity contribution is 0.104. The summed E-state index contributed by atoms with van der Waals surface area (Å²) in [4.78, 5) is 15.7. The minimum absolute atomic E-state index is 0.115. The molecular formula is C13H13N3O. The molecule has 0 bridgehead atoms. The number of ketones is 1. The van der Waals surface area contributed by atoms with Crippen molar-refractivity contribution in [3.63, 3.8) is 0 Å². The van der Waals surface area contributed by atoms with Crippen molar-refractivity contribution in [2.45, 2.75) is 6.92 Å². The standard InChI is InChI=1S/C13H13N3O/c1-10-2-4-11(5-3-10)12(17)8-13(14)16-7-6-15-9-16/h2-9H,14H2,1H3/b13-8+. The van der Waals surface area contributed by atoms with Crippen LogP contribution in [-0.4, -0.2) is 15.3 Å². The van der Waals surface area contributed by atoms with E-state index < -0.39 is 0 Å². The van der Waals surface area contributed by atoms with Crippen LogP contribution in [0.1, 0.15) is 15.9 Å². The van der Waals surface area contributed by atoms with Crippen LogP contribution >= 0.6 is 0 Å². The Balaban J connectivity index is 2.22. The van der Waals surface area contributed by atoms with Crippen molar-refractivity contribution in [1.29, 1.82) is 0 Å². The van der Waals surface area contributed by atoms with Crippen LogP contribution in [0.15, 0.2) is 49.1 Å². The molecule has 0 aliphatic heterocycles. The van der Waals surface area contributed by atoms with E-state index in [1.54, 1.807) is 35.4 Å². The smallest absolute Gasteiger partial charge is 0.189 e. The fourth-order valence-corrected chi connectivity index (χ4v) is 1.42. The van der Waals surface area contributed by atoms with Gasteiger partial charge in [0.2, 0.25) is 0 Å². The Labute approximate surface area is 99.4 Å². The fraction of sp³-hybridized carbons (Fsp3) is 0.0769. The van der Waals surface area contributed by atoms with Gasteiger partial charge in [0.25, 0.3) is 0 Å². The van der Waals surface area contributed by atoms with Gasteiger partial charge in [0, 0.05) is 24.0 Å². The monoisotopic (exact) mass is 227 g/mol. The largest absolute Gasteiger partial charge is 0.385 e. The number of hydrogen-bond acceptors (Lipinski definition) is 3. The van der Waals surface area contributed by atoms with Crippen LogP contribution in [-0.2, 0) is 0 Å². The van der Waals surface area contributed by atoms with Gasteiger partial charge in [-0.1, -0.05) is 29.8 Å². The number of carbonyl (C=O) groups excluding carboxylic acids is 1. The molecule has 0 amide bonds. The van der Waals surface area contributed by atoms with Gasteiger partial charge in [-0.2, -0.15) is 0 Å². The van der Waals surface area contributed by atoms with Crippen LogP contribution in [0.5, 0.6) is 0 Å². The van der Waals surface area contributed by atoms with Crippen molar-refractivity contribution in [3.8, 4) is 0 Å². The van der Waals surface area contributed by atoms with Crippen LogP contribution in [0, 0.1) is 6.92 Å². The quantitative estimate of drug-likeness (QED) is 0.642. The number of carbonyl (C=O) groups is 1. The van der Waals surface area contributed by atoms with Crippen molar-refractivity contribution < 1.29 is 4.79 Å². The van der Waals surface area contributed by atoms with Crippen molar-refractivity contribution in [2.24, 2.45) is 5.73 Å². The van der Waals surface area contributed by atoms with Crippen molar-refractivity contribution in [1.82, 2.24) is 9.55 Å². The molecule has 1 heterocycles. The number of aromatic nitrogens is 2. The van der Waals surface area contributed by atoms with E-state index in [9.17, 15) is 4.79 Å². The third kappa shape index (κ3) is 2.60. The highest BCUT2D eigenvalue weighted by atomic mass is 16.1. The fourth-order valence-electron chi connectivity index (χ4n) is 1.42. The van der Waals surface area contributed by atoms with Gasteiger partial charge in [-0.25, -0.2) is 4.98 Å². The predicted molar refractivity (Wildman–Crippen MR) is 66.2 cm³/mol. The molecule has 0 fully saturated rings. The Bertz CT molecular complexity index is 539. The van der Waals surface area contributed by atoms with Gasteiger partial charge in [0.1, 0.15) is 12.1 Å². The van der Waals surface area contributed by atoms with E-state index in [1.807, 2.05) is 19.1 Å². The molecule has 2 aromatic rings. The third-order valence-electron chi connectivity index (χ3n) is 2.42. The molecule has 0 aliphatic rings. The number of aryl methyl sites for hydroxylation is 1. The average molecular weight is 227 g/mol. The zero-order chi connectivity index (χ0) is 12.3. The summed E-state index contributed by atoms with van der Waals surface area (Å²) in [6.07, 6.45) is 6.24. The average Bonchev–Trinajstić information content (AvgIpc) is 2.83. The second-order valence-corrected chi connectivity index (χ2v) is 3.77. The zero-order valence-corrected chi connectivity index (χ0v) is 9.50. The van der Waals surface area contributed by atoms with Crippen molar-refractivity contribution in [2.75, 3.05) is 0 Å². The number of benzene rings is 1. The summed E-state index contributed by atoms with van der Waals surface area (Å²) < 4.78 is 1.59. The van der Waals surface area contributed by atoms with Crippen molar-refractivity contribution in [3.05, 3.63) is 60.2 Å². The first kappa shape index (κ1) is 11.1. The van der Waals surface area contributed by atoms with E-state index in [2.05, 4.69) is 4.98 Å². The summed E-state index contributed by atoms with van der Waals surface area (Å²) in [6, 6.07) is 7.37. The highest BCUT2D eigenvalue weighted by Gasteiger charge is 2.03. The molecule has 0 atom stereocenters. The highest BCUT2D eigenvalue weighted by molar-refractivity contribution is 6.07. The van der Waals surface area contributed by atoms with Gasteiger partial charge in [0.15, 0.2) is 5.78 Å².